The van der Waals surface area contributed by atoms with E-state index in [2.05, 4.69) is 32.7 Å². The summed E-state index contributed by atoms with van der Waals surface area (Å²) in [7, 11) is 1.97. The standard InChI is InChI=1S/C11H12BrNOS/c1-13-10(7-8-3-2-5-14-8)11-9(12)4-6-15-11/h2-6,10,13H,7H2,1H3. The summed E-state index contributed by atoms with van der Waals surface area (Å²) in [5, 5.41) is 5.39. The molecule has 0 saturated carbocycles. The van der Waals surface area contributed by atoms with Gasteiger partial charge in [0.1, 0.15) is 5.76 Å². The van der Waals surface area contributed by atoms with Crippen molar-refractivity contribution >= 4 is 27.3 Å². The van der Waals surface area contributed by atoms with Gasteiger partial charge in [0, 0.05) is 21.8 Å². The van der Waals surface area contributed by atoms with E-state index in [0.717, 1.165) is 12.2 Å². The fraction of sp³-hybridized carbons (Fsp3) is 0.273. The molecule has 2 heterocycles. The lowest BCUT2D eigenvalue weighted by molar-refractivity contribution is 0.468. The molecule has 1 unspecified atom stereocenters. The largest absolute Gasteiger partial charge is 0.469 e. The summed E-state index contributed by atoms with van der Waals surface area (Å²) in [5.74, 6) is 1.01. The molecule has 0 aliphatic carbocycles. The second-order valence-corrected chi connectivity index (χ2v) is 5.06. The van der Waals surface area contributed by atoms with Crippen LogP contribution in [0.4, 0.5) is 0 Å². The smallest absolute Gasteiger partial charge is 0.105 e. The van der Waals surface area contributed by atoms with E-state index < -0.39 is 0 Å². The molecule has 80 valence electrons. The lowest BCUT2D eigenvalue weighted by Crippen LogP contribution is -2.17. The molecular formula is C11H12BrNOS. The van der Waals surface area contributed by atoms with E-state index >= 15 is 0 Å². The first-order chi connectivity index (χ1) is 7.31. The van der Waals surface area contributed by atoms with Crippen molar-refractivity contribution in [3.63, 3.8) is 0 Å². The highest BCUT2D eigenvalue weighted by atomic mass is 79.9. The maximum Gasteiger partial charge on any atom is 0.105 e. The van der Waals surface area contributed by atoms with Crippen molar-refractivity contribution in [3.05, 3.63) is 45.0 Å². The zero-order chi connectivity index (χ0) is 10.7. The van der Waals surface area contributed by atoms with Crippen LogP contribution in [-0.4, -0.2) is 7.05 Å². The van der Waals surface area contributed by atoms with Gasteiger partial charge in [0.05, 0.1) is 6.26 Å². The lowest BCUT2D eigenvalue weighted by atomic mass is 10.1. The number of hydrogen-bond acceptors (Lipinski definition) is 3. The molecule has 2 aromatic rings. The number of likely N-dealkylation sites (N-methyl/N-ethyl adjacent to an activating group) is 1. The minimum atomic E-state index is 0.311. The number of thiophene rings is 1. The highest BCUT2D eigenvalue weighted by Gasteiger charge is 2.15. The summed E-state index contributed by atoms with van der Waals surface area (Å²) in [6.07, 6.45) is 2.59. The van der Waals surface area contributed by atoms with Crippen LogP contribution in [0.15, 0.2) is 38.7 Å². The van der Waals surface area contributed by atoms with Gasteiger partial charge in [-0.05, 0) is 46.6 Å². The van der Waals surface area contributed by atoms with Gasteiger partial charge < -0.3 is 9.73 Å². The van der Waals surface area contributed by atoms with Gasteiger partial charge in [0.2, 0.25) is 0 Å². The molecule has 4 heteroatoms. The molecule has 0 bridgehead atoms. The Morgan fingerprint density at radius 3 is 2.93 bits per heavy atom. The van der Waals surface area contributed by atoms with Crippen LogP contribution in [-0.2, 0) is 6.42 Å². The molecule has 2 rings (SSSR count). The molecule has 0 aliphatic heterocycles. The number of furan rings is 1. The second kappa shape index (κ2) is 4.96. The number of rotatable bonds is 4. The molecule has 0 radical (unpaired) electrons. The van der Waals surface area contributed by atoms with Crippen LogP contribution in [0, 0.1) is 0 Å². The van der Waals surface area contributed by atoms with E-state index in [1.807, 2.05) is 19.2 Å². The minimum absolute atomic E-state index is 0.311. The van der Waals surface area contributed by atoms with E-state index in [0.29, 0.717) is 6.04 Å². The first-order valence-electron chi connectivity index (χ1n) is 4.74. The van der Waals surface area contributed by atoms with Gasteiger partial charge in [-0.25, -0.2) is 0 Å². The molecular weight excluding hydrogens is 274 g/mol. The molecule has 1 N–H and O–H groups in total. The Kier molecular flexibility index (Phi) is 3.61. The molecule has 1 atom stereocenters. The van der Waals surface area contributed by atoms with Crippen molar-refractivity contribution in [3.8, 4) is 0 Å². The summed E-state index contributed by atoms with van der Waals surface area (Å²) in [6, 6.07) is 6.31. The van der Waals surface area contributed by atoms with Crippen LogP contribution in [0.5, 0.6) is 0 Å². The van der Waals surface area contributed by atoms with Crippen molar-refractivity contribution in [1.82, 2.24) is 5.32 Å². The SMILES string of the molecule is CNC(Cc1ccco1)c1sccc1Br. The lowest BCUT2D eigenvalue weighted by Gasteiger charge is -2.13. The predicted molar refractivity (Wildman–Crippen MR) is 66.2 cm³/mol. The second-order valence-electron chi connectivity index (χ2n) is 3.26. The van der Waals surface area contributed by atoms with Crippen LogP contribution in [0.1, 0.15) is 16.7 Å². The molecule has 0 saturated heterocycles. The van der Waals surface area contributed by atoms with E-state index in [9.17, 15) is 0 Å². The summed E-state index contributed by atoms with van der Waals surface area (Å²) < 4.78 is 6.52. The van der Waals surface area contributed by atoms with Crippen LogP contribution < -0.4 is 5.32 Å². The maximum atomic E-state index is 5.35. The van der Waals surface area contributed by atoms with Gasteiger partial charge in [-0.1, -0.05) is 0 Å². The summed E-state index contributed by atoms with van der Waals surface area (Å²) >= 11 is 5.30. The fourth-order valence-corrected chi connectivity index (χ4v) is 3.27. The monoisotopic (exact) mass is 285 g/mol. The zero-order valence-electron chi connectivity index (χ0n) is 8.37. The summed E-state index contributed by atoms with van der Waals surface area (Å²) in [5.41, 5.74) is 0. The highest BCUT2D eigenvalue weighted by molar-refractivity contribution is 9.10. The van der Waals surface area contributed by atoms with Gasteiger partial charge in [-0.15, -0.1) is 11.3 Å². The summed E-state index contributed by atoms with van der Waals surface area (Å²) in [6.45, 7) is 0. The van der Waals surface area contributed by atoms with E-state index in [1.54, 1.807) is 17.6 Å². The van der Waals surface area contributed by atoms with E-state index in [1.165, 1.54) is 9.35 Å². The Balaban J connectivity index is 2.15. The van der Waals surface area contributed by atoms with E-state index in [4.69, 9.17) is 4.42 Å². The average Bonchev–Trinajstić information content (AvgIpc) is 2.85. The molecule has 2 nitrogen and oxygen atoms in total. The molecule has 0 aromatic carbocycles. The Hall–Kier alpha value is -0.580. The first kappa shape index (κ1) is 10.9. The van der Waals surface area contributed by atoms with E-state index in [-0.39, 0.29) is 0 Å². The van der Waals surface area contributed by atoms with Crippen LogP contribution in [0.2, 0.25) is 0 Å². The normalized spacial score (nSPS) is 12.9. The maximum absolute atomic E-state index is 5.35. The van der Waals surface area contributed by atoms with Gasteiger partial charge in [0.25, 0.3) is 0 Å². The van der Waals surface area contributed by atoms with Crippen LogP contribution >= 0.6 is 27.3 Å². The van der Waals surface area contributed by atoms with Crippen molar-refractivity contribution in [1.29, 1.82) is 0 Å². The van der Waals surface area contributed by atoms with Crippen molar-refractivity contribution in [2.24, 2.45) is 0 Å². The molecule has 0 amide bonds. The number of halogens is 1. The van der Waals surface area contributed by atoms with Crippen molar-refractivity contribution < 1.29 is 4.42 Å². The molecule has 0 fully saturated rings. The third-order valence-electron chi connectivity index (χ3n) is 2.30. The molecule has 15 heavy (non-hydrogen) atoms. The minimum Gasteiger partial charge on any atom is -0.469 e. The third kappa shape index (κ3) is 2.51. The Morgan fingerprint density at radius 1 is 1.53 bits per heavy atom. The summed E-state index contributed by atoms with van der Waals surface area (Å²) in [4.78, 5) is 1.31. The predicted octanol–water partition coefficient (Wildman–Crippen LogP) is 3.61. The topological polar surface area (TPSA) is 25.2 Å². The molecule has 0 aliphatic rings. The highest BCUT2D eigenvalue weighted by Crippen LogP contribution is 2.30. The Bertz CT molecular complexity index is 410. The Labute approximate surface area is 101 Å². The quantitative estimate of drug-likeness (QED) is 0.929. The van der Waals surface area contributed by atoms with Gasteiger partial charge in [-0.3, -0.25) is 0 Å². The van der Waals surface area contributed by atoms with Crippen LogP contribution in [0.3, 0.4) is 0 Å². The molecule has 0 spiro atoms. The van der Waals surface area contributed by atoms with Gasteiger partial charge in [-0.2, -0.15) is 0 Å². The Morgan fingerprint density at radius 2 is 2.40 bits per heavy atom. The average molecular weight is 286 g/mol. The number of nitrogens with one attached hydrogen (secondary N) is 1. The van der Waals surface area contributed by atoms with Crippen molar-refractivity contribution in [2.45, 2.75) is 12.5 Å². The zero-order valence-corrected chi connectivity index (χ0v) is 10.8. The van der Waals surface area contributed by atoms with Gasteiger partial charge in [0.15, 0.2) is 0 Å². The fourth-order valence-electron chi connectivity index (χ4n) is 1.51. The van der Waals surface area contributed by atoms with Crippen molar-refractivity contribution in [2.75, 3.05) is 7.05 Å². The van der Waals surface area contributed by atoms with Gasteiger partial charge >= 0.3 is 0 Å². The van der Waals surface area contributed by atoms with Crippen LogP contribution in [0.25, 0.3) is 0 Å². The number of hydrogen-bond donors (Lipinski definition) is 1. The third-order valence-corrected chi connectivity index (χ3v) is 4.28. The first-order valence-corrected chi connectivity index (χ1v) is 6.41. The molecule has 2 aromatic heterocycles.